The van der Waals surface area contributed by atoms with Crippen LogP contribution in [0.5, 0.6) is 5.75 Å². The largest absolute Gasteiger partial charge is 0.876 e. The first kappa shape index (κ1) is 19.6. The smallest absolute Gasteiger partial charge is 0.248 e. The zero-order valence-electron chi connectivity index (χ0n) is 15.5. The van der Waals surface area contributed by atoms with E-state index >= 15 is 0 Å². The molecule has 28 heavy (non-hydrogen) atoms. The van der Waals surface area contributed by atoms with Gasteiger partial charge >= 0.3 is 0 Å². The van der Waals surface area contributed by atoms with Gasteiger partial charge in [-0.05, 0) is 59.9 Å². The third-order valence-electron chi connectivity index (χ3n) is 4.11. The Morgan fingerprint density at radius 1 is 1.32 bits per heavy atom. The van der Waals surface area contributed by atoms with Crippen LogP contribution in [0.3, 0.4) is 0 Å². The lowest BCUT2D eigenvalue weighted by Crippen LogP contribution is -2.07. The molecule has 0 aliphatic rings. The third kappa shape index (κ3) is 4.75. The van der Waals surface area contributed by atoms with Gasteiger partial charge < -0.3 is 20.9 Å². The number of hydrogen-bond acceptors (Lipinski definition) is 6. The van der Waals surface area contributed by atoms with Crippen molar-refractivity contribution in [2.24, 2.45) is 0 Å². The van der Waals surface area contributed by atoms with Gasteiger partial charge in [0.1, 0.15) is 5.75 Å². The van der Waals surface area contributed by atoms with Crippen LogP contribution in [0.1, 0.15) is 17.5 Å². The van der Waals surface area contributed by atoms with E-state index in [2.05, 4.69) is 27.1 Å². The lowest BCUT2D eigenvalue weighted by molar-refractivity contribution is -0.306. The van der Waals surface area contributed by atoms with Crippen LogP contribution in [0.15, 0.2) is 48.7 Å². The number of rotatable bonds is 8. The number of aryl methyl sites for hydroxylation is 1. The fourth-order valence-corrected chi connectivity index (χ4v) is 3.12. The molecule has 0 unspecified atom stereocenters. The normalized spacial score (nSPS) is 10.6. The van der Waals surface area contributed by atoms with Crippen molar-refractivity contribution in [1.29, 1.82) is 0 Å². The van der Waals surface area contributed by atoms with E-state index in [9.17, 15) is 5.11 Å². The van der Waals surface area contributed by atoms with Crippen molar-refractivity contribution in [3.63, 3.8) is 0 Å². The van der Waals surface area contributed by atoms with Crippen LogP contribution in [0, 0.1) is 6.92 Å². The zero-order valence-corrected chi connectivity index (χ0v) is 16.2. The van der Waals surface area contributed by atoms with Crippen molar-refractivity contribution in [1.82, 2.24) is 15.2 Å². The van der Waals surface area contributed by atoms with Crippen LogP contribution in [-0.2, 0) is 5.88 Å². The van der Waals surface area contributed by atoms with Gasteiger partial charge in [0.25, 0.3) is 0 Å². The van der Waals surface area contributed by atoms with Crippen LogP contribution >= 0.6 is 11.6 Å². The maximum Gasteiger partial charge on any atom is 0.248 e. The molecule has 0 saturated carbocycles. The summed E-state index contributed by atoms with van der Waals surface area (Å²) in [5.41, 5.74) is 10.5. The summed E-state index contributed by atoms with van der Waals surface area (Å²) in [6, 6.07) is 11.7. The molecule has 0 bridgehead atoms. The minimum absolute atomic E-state index is 0.138. The number of aromatic amines is 1. The molecule has 0 aliphatic carbocycles. The number of nitrogens with zero attached hydrogens (tertiary/aromatic N) is 2. The Morgan fingerprint density at radius 2 is 2.07 bits per heavy atom. The van der Waals surface area contributed by atoms with E-state index in [4.69, 9.17) is 22.1 Å². The van der Waals surface area contributed by atoms with Crippen molar-refractivity contribution in [3.8, 4) is 16.9 Å². The molecule has 0 amide bonds. The summed E-state index contributed by atoms with van der Waals surface area (Å²) in [6.07, 6.45) is 0.294. The maximum absolute atomic E-state index is 10.9. The van der Waals surface area contributed by atoms with E-state index in [0.29, 0.717) is 30.6 Å². The van der Waals surface area contributed by atoms with Crippen molar-refractivity contribution in [2.75, 3.05) is 17.7 Å². The number of H-pyrrole nitrogens is 1. The highest BCUT2D eigenvalue weighted by molar-refractivity contribution is 6.17. The number of nitrogens with two attached hydrogens (primary N) is 1. The minimum Gasteiger partial charge on any atom is -0.876 e. The zero-order chi connectivity index (χ0) is 20.1. The first-order valence-electron chi connectivity index (χ1n) is 8.68. The number of ether oxygens (including phenoxy) is 1. The van der Waals surface area contributed by atoms with Crippen molar-refractivity contribution < 1.29 is 9.84 Å². The molecule has 0 saturated heterocycles. The first-order chi connectivity index (χ1) is 13.5. The van der Waals surface area contributed by atoms with Gasteiger partial charge in [0, 0.05) is 11.6 Å². The van der Waals surface area contributed by atoms with E-state index in [1.165, 1.54) is 0 Å². The first-order valence-corrected chi connectivity index (χ1v) is 9.22. The third-order valence-corrected chi connectivity index (χ3v) is 4.40. The Bertz CT molecular complexity index is 969. The number of aromatic nitrogens is 3. The number of nitrogen functional groups attached to an aromatic ring is 1. The second-order valence-electron chi connectivity index (χ2n) is 6.29. The molecule has 1 aromatic heterocycles. The van der Waals surface area contributed by atoms with Gasteiger partial charge in [-0.15, -0.1) is 29.0 Å². The van der Waals surface area contributed by atoms with Crippen molar-refractivity contribution in [3.05, 3.63) is 59.9 Å². The Morgan fingerprint density at radius 3 is 2.68 bits per heavy atom. The average molecular weight is 399 g/mol. The van der Waals surface area contributed by atoms with E-state index in [-0.39, 0.29) is 11.7 Å². The highest BCUT2D eigenvalue weighted by atomic mass is 35.5. The van der Waals surface area contributed by atoms with Crippen LogP contribution in [0.25, 0.3) is 11.1 Å². The molecule has 8 heteroatoms. The molecular formula is C20H21ClN5O2-. The van der Waals surface area contributed by atoms with Gasteiger partial charge in [-0.3, -0.25) is 0 Å². The lowest BCUT2D eigenvalue weighted by Gasteiger charge is -2.15. The summed E-state index contributed by atoms with van der Waals surface area (Å²) >= 11 is 6.21. The molecule has 1 heterocycles. The van der Waals surface area contributed by atoms with Gasteiger partial charge in [0.05, 0.1) is 6.61 Å². The molecule has 3 aromatic rings. The highest BCUT2D eigenvalue weighted by Gasteiger charge is 2.12. The minimum atomic E-state index is -0.138. The number of benzene rings is 2. The number of anilines is 3. The summed E-state index contributed by atoms with van der Waals surface area (Å²) in [7, 11) is 0. The van der Waals surface area contributed by atoms with E-state index in [1.807, 2.05) is 43.3 Å². The molecule has 7 nitrogen and oxygen atoms in total. The molecule has 2 aromatic carbocycles. The predicted octanol–water partition coefficient (Wildman–Crippen LogP) is 3.49. The fourth-order valence-electron chi connectivity index (χ4n) is 2.91. The summed E-state index contributed by atoms with van der Waals surface area (Å²) in [5.74, 6) is 1.56. The van der Waals surface area contributed by atoms with Crippen LogP contribution in [0.4, 0.5) is 17.6 Å². The predicted molar refractivity (Wildman–Crippen MR) is 110 cm³/mol. The summed E-state index contributed by atoms with van der Waals surface area (Å²) < 4.78 is 5.56. The topological polar surface area (TPSA) is 112 Å². The molecule has 0 fully saturated rings. The number of hydrogen-bond donors (Lipinski definition) is 3. The number of alkyl halides is 1. The van der Waals surface area contributed by atoms with Crippen molar-refractivity contribution in [2.45, 2.75) is 19.2 Å². The van der Waals surface area contributed by atoms with E-state index in [1.54, 1.807) is 0 Å². The molecule has 0 radical (unpaired) electrons. The molecule has 4 N–H and O–H groups in total. The second-order valence-corrected chi connectivity index (χ2v) is 6.56. The van der Waals surface area contributed by atoms with Crippen molar-refractivity contribution >= 4 is 29.2 Å². The Hall–Kier alpha value is -3.19. The maximum atomic E-state index is 10.9. The molecule has 146 valence electrons. The summed E-state index contributed by atoms with van der Waals surface area (Å²) in [6.45, 7) is 5.67. The monoisotopic (exact) mass is 398 g/mol. The molecular weight excluding hydrogens is 378 g/mol. The van der Waals surface area contributed by atoms with Crippen LogP contribution in [-0.4, -0.2) is 21.8 Å². The molecule has 0 spiro atoms. The standard InChI is InChI=1S/C20H22ClN5O2/c1-12-9-16(23-20-24-19(22)25-26-20)10-15(11-21)18(12)14-3-5-17(6-4-14)28-8-7-13(2)27/h3-6,9-10,27H,2,7-8,11H2,1H3,(H4,22,23,24,25,26)/p-1. The molecule has 0 atom stereocenters. The Balaban J connectivity index is 1.81. The second kappa shape index (κ2) is 8.67. The van der Waals surface area contributed by atoms with Gasteiger partial charge in [0.15, 0.2) is 0 Å². The molecule has 0 aliphatic heterocycles. The summed E-state index contributed by atoms with van der Waals surface area (Å²) in [4.78, 5) is 4.04. The average Bonchev–Trinajstić information content (AvgIpc) is 3.06. The van der Waals surface area contributed by atoms with Crippen LogP contribution in [0.2, 0.25) is 0 Å². The summed E-state index contributed by atoms with van der Waals surface area (Å²) in [5, 5.41) is 20.6. The number of nitrogens with one attached hydrogen (secondary N) is 2. The van der Waals surface area contributed by atoms with Crippen LogP contribution < -0.4 is 20.9 Å². The Kier molecular flexibility index (Phi) is 6.06. The number of halogens is 1. The fraction of sp³-hybridized carbons (Fsp3) is 0.200. The molecule has 3 rings (SSSR count). The highest BCUT2D eigenvalue weighted by Crippen LogP contribution is 2.33. The van der Waals surface area contributed by atoms with E-state index in [0.717, 1.165) is 27.9 Å². The lowest BCUT2D eigenvalue weighted by atomic mass is 9.95. The SMILES string of the molecule is C=C([O-])CCOc1ccc(-c2c(C)cc(Nc3n[nH]c(N)n3)cc2CCl)cc1. The Labute approximate surface area is 168 Å². The van der Waals surface area contributed by atoms with Gasteiger partial charge in [-0.1, -0.05) is 12.1 Å². The van der Waals surface area contributed by atoms with Gasteiger partial charge in [0.2, 0.25) is 11.9 Å². The van der Waals surface area contributed by atoms with Gasteiger partial charge in [-0.2, -0.15) is 4.98 Å². The van der Waals surface area contributed by atoms with E-state index < -0.39 is 0 Å². The quantitative estimate of drug-likeness (QED) is 0.395. The van der Waals surface area contributed by atoms with Gasteiger partial charge in [-0.25, -0.2) is 5.10 Å².